The average Bonchev–Trinajstić information content (AvgIpc) is 3.21. The molecule has 0 aliphatic carbocycles. The molecule has 28 heavy (non-hydrogen) atoms. The fraction of sp³-hybridized carbons (Fsp3) is 0.316. The average molecular weight is 417 g/mol. The van der Waals surface area contributed by atoms with E-state index in [2.05, 4.69) is 29.4 Å². The van der Waals surface area contributed by atoms with Crippen molar-refractivity contribution in [1.82, 2.24) is 10.2 Å². The number of sulfonamides is 1. The second-order valence-electron chi connectivity index (χ2n) is 6.65. The molecule has 0 saturated heterocycles. The highest BCUT2D eigenvalue weighted by Gasteiger charge is 2.36. The van der Waals surface area contributed by atoms with Gasteiger partial charge in [-0.3, -0.25) is 14.4 Å². The third kappa shape index (κ3) is 3.04. The van der Waals surface area contributed by atoms with Crippen LogP contribution in [0.3, 0.4) is 0 Å². The standard InChI is InChI=1S/C19H20N4O3S2/c1-3-12(4-2)18-21-22-19(27-18)20-16(24)11-23-14-9-5-7-13-8-6-10-15(17(13)14)28(23,25)26/h5-10,12H,3-4,11H2,1-2H3,(H,20,22,24). The molecule has 3 aromatic rings. The summed E-state index contributed by atoms with van der Waals surface area (Å²) < 4.78 is 27.0. The van der Waals surface area contributed by atoms with E-state index >= 15 is 0 Å². The lowest BCUT2D eigenvalue weighted by molar-refractivity contribution is -0.114. The Morgan fingerprint density at radius 3 is 2.57 bits per heavy atom. The summed E-state index contributed by atoms with van der Waals surface area (Å²) in [6.07, 6.45) is 1.90. The van der Waals surface area contributed by atoms with Crippen LogP contribution in [-0.2, 0) is 14.8 Å². The van der Waals surface area contributed by atoms with E-state index in [9.17, 15) is 13.2 Å². The number of nitrogens with zero attached hydrogens (tertiary/aromatic N) is 3. The molecule has 9 heteroatoms. The lowest BCUT2D eigenvalue weighted by Gasteiger charge is -2.17. The predicted octanol–water partition coefficient (Wildman–Crippen LogP) is 3.74. The first-order valence-corrected chi connectivity index (χ1v) is 11.4. The summed E-state index contributed by atoms with van der Waals surface area (Å²) in [7, 11) is -3.76. The van der Waals surface area contributed by atoms with E-state index in [1.807, 2.05) is 12.1 Å². The van der Waals surface area contributed by atoms with Crippen LogP contribution in [0.1, 0.15) is 37.6 Å². The van der Waals surface area contributed by atoms with Crippen molar-refractivity contribution in [3.63, 3.8) is 0 Å². The minimum atomic E-state index is -3.76. The highest BCUT2D eigenvalue weighted by atomic mass is 32.2. The lowest BCUT2D eigenvalue weighted by Crippen LogP contribution is -2.35. The summed E-state index contributed by atoms with van der Waals surface area (Å²) in [4.78, 5) is 12.8. The molecule has 4 rings (SSSR count). The summed E-state index contributed by atoms with van der Waals surface area (Å²) in [5.74, 6) is -0.130. The molecule has 1 amide bonds. The largest absolute Gasteiger partial charge is 0.299 e. The van der Waals surface area contributed by atoms with E-state index in [0.29, 0.717) is 22.1 Å². The molecule has 1 aliphatic rings. The van der Waals surface area contributed by atoms with Crippen LogP contribution in [0, 0.1) is 0 Å². The fourth-order valence-corrected chi connectivity index (χ4v) is 6.20. The van der Waals surface area contributed by atoms with Crippen LogP contribution in [0.25, 0.3) is 10.8 Å². The first-order valence-electron chi connectivity index (χ1n) is 9.13. The number of amides is 1. The molecule has 7 nitrogen and oxygen atoms in total. The smallest absolute Gasteiger partial charge is 0.265 e. The highest BCUT2D eigenvalue weighted by molar-refractivity contribution is 7.93. The van der Waals surface area contributed by atoms with Crippen molar-refractivity contribution < 1.29 is 13.2 Å². The number of benzene rings is 2. The maximum atomic E-state index is 12.9. The maximum Gasteiger partial charge on any atom is 0.265 e. The minimum Gasteiger partial charge on any atom is -0.299 e. The molecule has 0 spiro atoms. The van der Waals surface area contributed by atoms with Gasteiger partial charge in [0.25, 0.3) is 10.0 Å². The molecule has 0 atom stereocenters. The normalized spacial score (nSPS) is 14.8. The summed E-state index contributed by atoms with van der Waals surface area (Å²) in [6, 6.07) is 10.5. The molecule has 0 saturated carbocycles. The molecule has 2 heterocycles. The van der Waals surface area contributed by atoms with Crippen molar-refractivity contribution in [3.8, 4) is 0 Å². The van der Waals surface area contributed by atoms with Gasteiger partial charge in [-0.2, -0.15) is 0 Å². The fourth-order valence-electron chi connectivity index (χ4n) is 3.51. The molecule has 2 aromatic carbocycles. The number of nitrogens with one attached hydrogen (secondary N) is 1. The van der Waals surface area contributed by atoms with E-state index in [1.54, 1.807) is 24.3 Å². The van der Waals surface area contributed by atoms with E-state index in [4.69, 9.17) is 0 Å². The molecule has 0 radical (unpaired) electrons. The van der Waals surface area contributed by atoms with Crippen molar-refractivity contribution in [1.29, 1.82) is 0 Å². The minimum absolute atomic E-state index is 0.236. The molecule has 0 fully saturated rings. The number of carbonyl (C=O) groups is 1. The zero-order valence-electron chi connectivity index (χ0n) is 15.5. The number of hydrogen-bond donors (Lipinski definition) is 1. The SMILES string of the molecule is CCC(CC)c1nnc(NC(=O)CN2c3cccc4cccc(c34)S2(=O)=O)s1. The van der Waals surface area contributed by atoms with Crippen LogP contribution >= 0.6 is 11.3 Å². The third-order valence-electron chi connectivity index (χ3n) is 4.99. The van der Waals surface area contributed by atoms with E-state index in [0.717, 1.165) is 27.5 Å². The molecular weight excluding hydrogens is 396 g/mol. The van der Waals surface area contributed by atoms with Crippen LogP contribution < -0.4 is 9.62 Å². The van der Waals surface area contributed by atoms with Gasteiger partial charge in [-0.25, -0.2) is 8.42 Å². The topological polar surface area (TPSA) is 92.3 Å². The van der Waals surface area contributed by atoms with Crippen LogP contribution in [0.15, 0.2) is 41.3 Å². The summed E-state index contributed by atoms with van der Waals surface area (Å²) in [5.41, 5.74) is 0.526. The lowest BCUT2D eigenvalue weighted by atomic mass is 10.1. The van der Waals surface area contributed by atoms with Gasteiger partial charge in [0, 0.05) is 11.3 Å². The zero-order valence-corrected chi connectivity index (χ0v) is 17.2. The monoisotopic (exact) mass is 416 g/mol. The van der Waals surface area contributed by atoms with E-state index in [1.165, 1.54) is 11.3 Å². The van der Waals surface area contributed by atoms with Crippen molar-refractivity contribution in [3.05, 3.63) is 41.4 Å². The first kappa shape index (κ1) is 18.8. The van der Waals surface area contributed by atoms with Gasteiger partial charge in [-0.15, -0.1) is 10.2 Å². The summed E-state index contributed by atoms with van der Waals surface area (Å²) in [5, 5.41) is 13.6. The van der Waals surface area contributed by atoms with Gasteiger partial charge >= 0.3 is 0 Å². The summed E-state index contributed by atoms with van der Waals surface area (Å²) in [6.45, 7) is 3.87. The summed E-state index contributed by atoms with van der Waals surface area (Å²) >= 11 is 1.34. The Hall–Kier alpha value is -2.52. The molecule has 1 aromatic heterocycles. The third-order valence-corrected chi connectivity index (χ3v) is 7.79. The molecule has 0 bridgehead atoms. The van der Waals surface area contributed by atoms with Crippen molar-refractivity contribution in [2.24, 2.45) is 0 Å². The van der Waals surface area contributed by atoms with Crippen LogP contribution in [0.4, 0.5) is 10.8 Å². The van der Waals surface area contributed by atoms with Gasteiger partial charge in [-0.05, 0) is 30.4 Å². The molecule has 1 aliphatic heterocycles. The quantitative estimate of drug-likeness (QED) is 0.661. The second kappa shape index (κ2) is 7.14. The highest BCUT2D eigenvalue weighted by Crippen LogP contribution is 2.41. The molecule has 0 unspecified atom stereocenters. The maximum absolute atomic E-state index is 12.9. The Balaban J connectivity index is 1.57. The molecule has 1 N–H and O–H groups in total. The number of hydrogen-bond acceptors (Lipinski definition) is 6. The van der Waals surface area contributed by atoms with E-state index < -0.39 is 15.9 Å². The number of aromatic nitrogens is 2. The molecular formula is C19H20N4O3S2. The number of anilines is 2. The zero-order chi connectivity index (χ0) is 19.9. The van der Waals surface area contributed by atoms with Crippen molar-refractivity contribution in [2.45, 2.75) is 37.5 Å². The predicted molar refractivity (Wildman–Crippen MR) is 110 cm³/mol. The molecule has 146 valence electrons. The van der Waals surface area contributed by atoms with Gasteiger partial charge in [0.05, 0.1) is 10.6 Å². The Bertz CT molecular complexity index is 1150. The van der Waals surface area contributed by atoms with Crippen LogP contribution in [-0.4, -0.2) is 31.1 Å². The van der Waals surface area contributed by atoms with Gasteiger partial charge in [0.2, 0.25) is 11.0 Å². The Kier molecular flexibility index (Phi) is 4.80. The number of carbonyl (C=O) groups excluding carboxylic acids is 1. The second-order valence-corrected chi connectivity index (χ2v) is 9.49. The van der Waals surface area contributed by atoms with Crippen LogP contribution in [0.2, 0.25) is 0 Å². The number of rotatable bonds is 6. The Morgan fingerprint density at radius 2 is 1.86 bits per heavy atom. The van der Waals surface area contributed by atoms with Crippen molar-refractivity contribution >= 4 is 48.9 Å². The Labute approximate surface area is 167 Å². The van der Waals surface area contributed by atoms with E-state index in [-0.39, 0.29) is 11.4 Å². The van der Waals surface area contributed by atoms with Gasteiger partial charge < -0.3 is 0 Å². The van der Waals surface area contributed by atoms with Gasteiger partial charge in [0.1, 0.15) is 11.6 Å². The van der Waals surface area contributed by atoms with Gasteiger partial charge in [-0.1, -0.05) is 49.4 Å². The van der Waals surface area contributed by atoms with Crippen LogP contribution in [0.5, 0.6) is 0 Å². The Morgan fingerprint density at radius 1 is 1.14 bits per heavy atom. The first-order chi connectivity index (χ1) is 13.5. The van der Waals surface area contributed by atoms with Gasteiger partial charge in [0.15, 0.2) is 0 Å². The van der Waals surface area contributed by atoms with Crippen molar-refractivity contribution in [2.75, 3.05) is 16.2 Å².